The standard InChI is InChI=1S/C14H27NO3/c1-9(2)7-11-12(16)8-10(3)15(11)13(17)18-14(4,5)6/h9-12,16H,7-8H2,1-6H3/t10?,11-,12+/m1/s1. The Labute approximate surface area is 110 Å². The third-order valence-corrected chi connectivity index (χ3v) is 3.18. The van der Waals surface area contributed by atoms with E-state index in [2.05, 4.69) is 13.8 Å². The molecular weight excluding hydrogens is 230 g/mol. The number of amides is 1. The van der Waals surface area contributed by atoms with Gasteiger partial charge in [0.15, 0.2) is 0 Å². The van der Waals surface area contributed by atoms with Crippen molar-refractivity contribution >= 4 is 6.09 Å². The average molecular weight is 257 g/mol. The van der Waals surface area contributed by atoms with Crippen molar-refractivity contribution in [1.29, 1.82) is 0 Å². The van der Waals surface area contributed by atoms with Crippen molar-refractivity contribution in [2.75, 3.05) is 0 Å². The van der Waals surface area contributed by atoms with Crippen LogP contribution in [0, 0.1) is 5.92 Å². The summed E-state index contributed by atoms with van der Waals surface area (Å²) < 4.78 is 5.43. The van der Waals surface area contributed by atoms with Gasteiger partial charge in [0, 0.05) is 6.04 Å². The number of hydrogen-bond acceptors (Lipinski definition) is 3. The summed E-state index contributed by atoms with van der Waals surface area (Å²) in [4.78, 5) is 13.9. The molecular formula is C14H27NO3. The molecule has 1 aliphatic heterocycles. The number of aliphatic hydroxyl groups excluding tert-OH is 1. The molecule has 1 heterocycles. The topological polar surface area (TPSA) is 49.8 Å². The Bertz CT molecular complexity index is 296. The van der Waals surface area contributed by atoms with Crippen LogP contribution in [0.15, 0.2) is 0 Å². The molecule has 0 spiro atoms. The first-order valence-corrected chi connectivity index (χ1v) is 6.81. The summed E-state index contributed by atoms with van der Waals surface area (Å²) in [5, 5.41) is 10.1. The molecule has 4 nitrogen and oxygen atoms in total. The smallest absolute Gasteiger partial charge is 0.410 e. The Morgan fingerprint density at radius 1 is 1.44 bits per heavy atom. The van der Waals surface area contributed by atoms with Crippen molar-refractivity contribution in [3.05, 3.63) is 0 Å². The first-order chi connectivity index (χ1) is 8.11. The van der Waals surface area contributed by atoms with Gasteiger partial charge in [-0.25, -0.2) is 4.79 Å². The predicted molar refractivity (Wildman–Crippen MR) is 71.4 cm³/mol. The van der Waals surface area contributed by atoms with Crippen molar-refractivity contribution in [3.8, 4) is 0 Å². The summed E-state index contributed by atoms with van der Waals surface area (Å²) in [6.45, 7) is 11.7. The van der Waals surface area contributed by atoms with Crippen LogP contribution in [0.25, 0.3) is 0 Å². The normalized spacial score (nSPS) is 28.9. The highest BCUT2D eigenvalue weighted by Crippen LogP contribution is 2.30. The number of rotatable bonds is 2. The summed E-state index contributed by atoms with van der Waals surface area (Å²) in [7, 11) is 0. The fourth-order valence-corrected chi connectivity index (χ4v) is 2.52. The maximum atomic E-state index is 12.2. The fourth-order valence-electron chi connectivity index (χ4n) is 2.52. The molecule has 1 saturated heterocycles. The minimum atomic E-state index is -0.493. The lowest BCUT2D eigenvalue weighted by Gasteiger charge is -2.32. The summed E-state index contributed by atoms with van der Waals surface area (Å²) in [6, 6.07) is -0.0755. The molecule has 0 aromatic heterocycles. The number of likely N-dealkylation sites (tertiary alicyclic amines) is 1. The van der Waals surface area contributed by atoms with Crippen molar-refractivity contribution in [2.45, 2.75) is 78.2 Å². The van der Waals surface area contributed by atoms with Gasteiger partial charge in [-0.3, -0.25) is 4.90 Å². The van der Waals surface area contributed by atoms with E-state index >= 15 is 0 Å². The van der Waals surface area contributed by atoms with E-state index in [1.54, 1.807) is 4.90 Å². The van der Waals surface area contributed by atoms with Crippen LogP contribution in [0.4, 0.5) is 4.79 Å². The van der Waals surface area contributed by atoms with Crippen LogP contribution >= 0.6 is 0 Å². The summed E-state index contributed by atoms with van der Waals surface area (Å²) in [5.74, 6) is 0.444. The molecule has 1 fully saturated rings. The predicted octanol–water partition coefficient (Wildman–Crippen LogP) is 2.79. The van der Waals surface area contributed by atoms with E-state index in [0.717, 1.165) is 6.42 Å². The number of carbonyl (C=O) groups excluding carboxylic acids is 1. The van der Waals surface area contributed by atoms with Gasteiger partial charge in [0.2, 0.25) is 0 Å². The Kier molecular flexibility index (Phi) is 4.65. The second-order valence-electron chi connectivity index (χ2n) is 6.74. The van der Waals surface area contributed by atoms with E-state index < -0.39 is 11.7 Å². The van der Waals surface area contributed by atoms with Gasteiger partial charge in [-0.05, 0) is 46.5 Å². The van der Waals surface area contributed by atoms with Gasteiger partial charge in [0.25, 0.3) is 0 Å². The number of aliphatic hydroxyl groups is 1. The molecule has 3 atom stereocenters. The molecule has 1 aliphatic rings. The van der Waals surface area contributed by atoms with Crippen LogP contribution in [0.2, 0.25) is 0 Å². The largest absolute Gasteiger partial charge is 0.444 e. The van der Waals surface area contributed by atoms with Crippen LogP contribution in [0.1, 0.15) is 54.4 Å². The molecule has 1 N–H and O–H groups in total. The molecule has 0 aromatic carbocycles. The Hall–Kier alpha value is -0.770. The van der Waals surface area contributed by atoms with Gasteiger partial charge in [-0.1, -0.05) is 13.8 Å². The lowest BCUT2D eigenvalue weighted by atomic mass is 10.00. The highest BCUT2D eigenvalue weighted by molar-refractivity contribution is 5.69. The van der Waals surface area contributed by atoms with Crippen LogP contribution in [0.5, 0.6) is 0 Å². The zero-order valence-electron chi connectivity index (χ0n) is 12.4. The quantitative estimate of drug-likeness (QED) is 0.827. The number of nitrogens with zero attached hydrogens (tertiary/aromatic N) is 1. The van der Waals surface area contributed by atoms with Gasteiger partial charge < -0.3 is 9.84 Å². The Balaban J connectivity index is 2.79. The van der Waals surface area contributed by atoms with Crippen LogP contribution in [-0.2, 0) is 4.74 Å². The van der Waals surface area contributed by atoms with E-state index in [1.165, 1.54) is 0 Å². The maximum absolute atomic E-state index is 12.2. The van der Waals surface area contributed by atoms with E-state index in [1.807, 2.05) is 27.7 Å². The lowest BCUT2D eigenvalue weighted by Crippen LogP contribution is -2.45. The molecule has 1 unspecified atom stereocenters. The minimum Gasteiger partial charge on any atom is -0.444 e. The maximum Gasteiger partial charge on any atom is 0.410 e. The molecule has 4 heteroatoms. The first kappa shape index (κ1) is 15.3. The average Bonchev–Trinajstić information content (AvgIpc) is 2.37. The minimum absolute atomic E-state index is 0.0404. The van der Waals surface area contributed by atoms with E-state index in [9.17, 15) is 9.90 Å². The summed E-state index contributed by atoms with van der Waals surface area (Å²) in [5.41, 5.74) is -0.493. The molecule has 0 bridgehead atoms. The fraction of sp³-hybridized carbons (Fsp3) is 0.929. The van der Waals surface area contributed by atoms with Gasteiger partial charge in [0.05, 0.1) is 12.1 Å². The van der Waals surface area contributed by atoms with Crippen molar-refractivity contribution in [2.24, 2.45) is 5.92 Å². The lowest BCUT2D eigenvalue weighted by molar-refractivity contribution is 0.00725. The van der Waals surface area contributed by atoms with Crippen LogP contribution < -0.4 is 0 Å². The molecule has 0 aromatic rings. The summed E-state index contributed by atoms with van der Waals surface area (Å²) in [6.07, 6.45) is 0.702. The van der Waals surface area contributed by atoms with E-state index in [-0.39, 0.29) is 18.2 Å². The first-order valence-electron chi connectivity index (χ1n) is 6.81. The van der Waals surface area contributed by atoms with Crippen molar-refractivity contribution in [1.82, 2.24) is 4.90 Å². The summed E-state index contributed by atoms with van der Waals surface area (Å²) >= 11 is 0. The number of ether oxygens (including phenoxy) is 1. The van der Waals surface area contributed by atoms with Crippen molar-refractivity contribution in [3.63, 3.8) is 0 Å². The molecule has 106 valence electrons. The zero-order chi connectivity index (χ0) is 14.1. The molecule has 1 rings (SSSR count). The second kappa shape index (κ2) is 5.47. The molecule has 18 heavy (non-hydrogen) atoms. The molecule has 0 aliphatic carbocycles. The third kappa shape index (κ3) is 3.87. The van der Waals surface area contributed by atoms with E-state index in [0.29, 0.717) is 12.3 Å². The highest BCUT2D eigenvalue weighted by atomic mass is 16.6. The third-order valence-electron chi connectivity index (χ3n) is 3.18. The number of carbonyl (C=O) groups is 1. The zero-order valence-corrected chi connectivity index (χ0v) is 12.4. The molecule has 0 saturated carbocycles. The highest BCUT2D eigenvalue weighted by Gasteiger charge is 2.42. The van der Waals surface area contributed by atoms with Gasteiger partial charge in [-0.2, -0.15) is 0 Å². The van der Waals surface area contributed by atoms with E-state index in [4.69, 9.17) is 4.74 Å². The van der Waals surface area contributed by atoms with Gasteiger partial charge >= 0.3 is 6.09 Å². The van der Waals surface area contributed by atoms with Crippen LogP contribution in [-0.4, -0.2) is 39.9 Å². The molecule has 1 amide bonds. The second-order valence-corrected chi connectivity index (χ2v) is 6.74. The van der Waals surface area contributed by atoms with Crippen LogP contribution in [0.3, 0.4) is 0 Å². The molecule has 0 radical (unpaired) electrons. The van der Waals surface area contributed by atoms with Gasteiger partial charge in [-0.15, -0.1) is 0 Å². The SMILES string of the molecule is CC(C)C[C@@H]1[C@@H](O)CC(C)N1C(=O)OC(C)(C)C. The number of hydrogen-bond donors (Lipinski definition) is 1. The van der Waals surface area contributed by atoms with Gasteiger partial charge in [0.1, 0.15) is 5.60 Å². The monoisotopic (exact) mass is 257 g/mol. The van der Waals surface area contributed by atoms with Crippen molar-refractivity contribution < 1.29 is 14.6 Å². The Morgan fingerprint density at radius 3 is 2.44 bits per heavy atom. The Morgan fingerprint density at radius 2 is 2.00 bits per heavy atom.